The highest BCUT2D eigenvalue weighted by molar-refractivity contribution is 6.35. The first-order chi connectivity index (χ1) is 13.0. The summed E-state index contributed by atoms with van der Waals surface area (Å²) >= 11 is 6.90. The molecular weight excluding hydrogens is 352 g/mol. The van der Waals surface area contributed by atoms with E-state index in [-0.39, 0.29) is 0 Å². The normalized spacial score (nSPS) is 11.0. The predicted octanol–water partition coefficient (Wildman–Crippen LogP) is 6.78. The first-order valence-electron chi connectivity index (χ1n) is 9.02. The zero-order chi connectivity index (χ0) is 19.0. The lowest BCUT2D eigenvalue weighted by molar-refractivity contribution is 0.891. The molecule has 3 aromatic carbocycles. The molecule has 0 aliphatic carbocycles. The van der Waals surface area contributed by atoms with Crippen LogP contribution < -0.4 is 0 Å². The third-order valence-corrected chi connectivity index (χ3v) is 5.05. The molecule has 0 bridgehead atoms. The number of nitrogens with zero attached hydrogens (tertiary/aromatic N) is 2. The molecule has 0 aliphatic heterocycles. The minimum atomic E-state index is 0.673. The van der Waals surface area contributed by atoms with E-state index >= 15 is 0 Å². The molecule has 0 atom stereocenters. The molecule has 134 valence electrons. The summed E-state index contributed by atoms with van der Waals surface area (Å²) in [5, 5.41) is 5.58. The predicted molar refractivity (Wildman–Crippen MR) is 114 cm³/mol. The maximum absolute atomic E-state index is 6.90. The maximum atomic E-state index is 6.90. The number of hydrogen-bond acceptors (Lipinski definition) is 1. The highest BCUT2D eigenvalue weighted by Gasteiger charge is 2.20. The zero-order valence-corrected chi connectivity index (χ0v) is 16.5. The van der Waals surface area contributed by atoms with E-state index in [4.69, 9.17) is 16.7 Å². The van der Waals surface area contributed by atoms with E-state index in [1.54, 1.807) is 0 Å². The fraction of sp³-hybridized carbons (Fsp3) is 0.125. The van der Waals surface area contributed by atoms with Crippen molar-refractivity contribution in [1.82, 2.24) is 9.78 Å². The van der Waals surface area contributed by atoms with Crippen LogP contribution in [0.3, 0.4) is 0 Å². The molecule has 0 radical (unpaired) electrons. The van der Waals surface area contributed by atoms with Crippen LogP contribution in [0.25, 0.3) is 28.2 Å². The summed E-state index contributed by atoms with van der Waals surface area (Å²) in [5.74, 6) is 0. The second kappa shape index (κ2) is 7.05. The number of hydrogen-bond donors (Lipinski definition) is 0. The van der Waals surface area contributed by atoms with E-state index in [0.29, 0.717) is 5.02 Å². The third-order valence-electron chi connectivity index (χ3n) is 4.69. The molecule has 3 heteroatoms. The fourth-order valence-corrected chi connectivity index (χ4v) is 3.63. The third kappa shape index (κ3) is 3.41. The van der Waals surface area contributed by atoms with Crippen molar-refractivity contribution >= 4 is 11.6 Å². The van der Waals surface area contributed by atoms with Crippen molar-refractivity contribution in [2.24, 2.45) is 0 Å². The summed E-state index contributed by atoms with van der Waals surface area (Å²) in [6, 6.07) is 25.0. The molecule has 1 aromatic heterocycles. The molecule has 0 saturated heterocycles. The van der Waals surface area contributed by atoms with Crippen LogP contribution in [0.15, 0.2) is 72.8 Å². The topological polar surface area (TPSA) is 17.8 Å². The van der Waals surface area contributed by atoms with Gasteiger partial charge in [0.25, 0.3) is 0 Å². The molecule has 27 heavy (non-hydrogen) atoms. The molecule has 0 amide bonds. The van der Waals surface area contributed by atoms with Crippen LogP contribution in [0.5, 0.6) is 0 Å². The Morgan fingerprint density at radius 3 is 1.93 bits per heavy atom. The standard InChI is InChI=1S/C24H21ClN2/c1-16-10-12-21(13-11-16)27-24(20-9-5-7-18(3)15-20)22(25)23(26-27)19-8-4-6-17(2)14-19/h4-15H,1-3H3. The van der Waals surface area contributed by atoms with Crippen LogP contribution in [-0.2, 0) is 0 Å². The van der Waals surface area contributed by atoms with Crippen LogP contribution >= 0.6 is 11.6 Å². The van der Waals surface area contributed by atoms with E-state index < -0.39 is 0 Å². The van der Waals surface area contributed by atoms with Crippen LogP contribution in [0, 0.1) is 20.8 Å². The molecule has 0 unspecified atom stereocenters. The molecule has 2 nitrogen and oxygen atoms in total. The van der Waals surface area contributed by atoms with Crippen molar-refractivity contribution in [3.63, 3.8) is 0 Å². The Labute approximate surface area is 165 Å². The molecule has 0 spiro atoms. The molecule has 4 rings (SSSR count). The Kier molecular flexibility index (Phi) is 4.59. The second-order valence-corrected chi connectivity index (χ2v) is 7.38. The van der Waals surface area contributed by atoms with Crippen LogP contribution in [-0.4, -0.2) is 9.78 Å². The molecule has 0 N–H and O–H groups in total. The number of halogens is 1. The van der Waals surface area contributed by atoms with Gasteiger partial charge in [0.05, 0.1) is 16.4 Å². The minimum absolute atomic E-state index is 0.673. The Balaban J connectivity index is 1.99. The summed E-state index contributed by atoms with van der Waals surface area (Å²) in [7, 11) is 0. The van der Waals surface area contributed by atoms with Gasteiger partial charge >= 0.3 is 0 Å². The van der Waals surface area contributed by atoms with E-state index in [2.05, 4.69) is 87.5 Å². The minimum Gasteiger partial charge on any atom is -0.231 e. The summed E-state index contributed by atoms with van der Waals surface area (Å²) in [4.78, 5) is 0. The van der Waals surface area contributed by atoms with Gasteiger partial charge in [-0.05, 0) is 45.0 Å². The Morgan fingerprint density at radius 2 is 1.30 bits per heavy atom. The zero-order valence-electron chi connectivity index (χ0n) is 15.7. The van der Waals surface area contributed by atoms with Crippen molar-refractivity contribution in [3.8, 4) is 28.2 Å². The SMILES string of the molecule is Cc1ccc(-n2nc(-c3cccc(C)c3)c(Cl)c2-c2cccc(C)c2)cc1. The van der Waals surface area contributed by atoms with Crippen molar-refractivity contribution < 1.29 is 0 Å². The Morgan fingerprint density at radius 1 is 0.704 bits per heavy atom. The summed E-state index contributed by atoms with van der Waals surface area (Å²) in [6.45, 7) is 6.25. The van der Waals surface area contributed by atoms with Crippen molar-refractivity contribution in [1.29, 1.82) is 0 Å². The Hall–Kier alpha value is -2.84. The van der Waals surface area contributed by atoms with E-state index in [1.165, 1.54) is 16.7 Å². The summed E-state index contributed by atoms with van der Waals surface area (Å²) in [5.41, 5.74) is 8.40. The van der Waals surface area contributed by atoms with Gasteiger partial charge in [0, 0.05) is 11.1 Å². The van der Waals surface area contributed by atoms with Crippen molar-refractivity contribution in [3.05, 3.63) is 94.5 Å². The van der Waals surface area contributed by atoms with Gasteiger partial charge in [-0.15, -0.1) is 0 Å². The van der Waals surface area contributed by atoms with Crippen molar-refractivity contribution in [2.75, 3.05) is 0 Å². The van der Waals surface area contributed by atoms with Gasteiger partial charge in [0.2, 0.25) is 0 Å². The van der Waals surface area contributed by atoms with Gasteiger partial charge in [-0.3, -0.25) is 0 Å². The lowest BCUT2D eigenvalue weighted by Crippen LogP contribution is -1.99. The summed E-state index contributed by atoms with van der Waals surface area (Å²) < 4.78 is 1.95. The lowest BCUT2D eigenvalue weighted by atomic mass is 10.1. The highest BCUT2D eigenvalue weighted by atomic mass is 35.5. The molecule has 1 heterocycles. The van der Waals surface area contributed by atoms with Crippen molar-refractivity contribution in [2.45, 2.75) is 20.8 Å². The van der Waals surface area contributed by atoms with Crippen LogP contribution in [0.1, 0.15) is 16.7 Å². The number of aromatic nitrogens is 2. The largest absolute Gasteiger partial charge is 0.231 e. The molecule has 0 saturated carbocycles. The smallest absolute Gasteiger partial charge is 0.112 e. The molecular formula is C24H21ClN2. The van der Waals surface area contributed by atoms with Crippen LogP contribution in [0.2, 0.25) is 5.02 Å². The first kappa shape index (κ1) is 17.6. The highest BCUT2D eigenvalue weighted by Crippen LogP contribution is 2.38. The number of aryl methyl sites for hydroxylation is 3. The molecule has 0 fully saturated rings. The Bertz CT molecular complexity index is 1110. The number of rotatable bonds is 3. The summed E-state index contributed by atoms with van der Waals surface area (Å²) in [6.07, 6.45) is 0. The average Bonchev–Trinajstić information content (AvgIpc) is 2.99. The van der Waals surface area contributed by atoms with Gasteiger partial charge < -0.3 is 0 Å². The van der Waals surface area contributed by atoms with E-state index in [0.717, 1.165) is 28.2 Å². The second-order valence-electron chi connectivity index (χ2n) is 7.00. The molecule has 0 aliphatic rings. The van der Waals surface area contributed by atoms with Gasteiger partial charge in [-0.1, -0.05) is 76.8 Å². The fourth-order valence-electron chi connectivity index (χ4n) is 3.29. The lowest BCUT2D eigenvalue weighted by Gasteiger charge is -2.09. The maximum Gasteiger partial charge on any atom is 0.112 e. The average molecular weight is 373 g/mol. The van der Waals surface area contributed by atoms with E-state index in [1.807, 2.05) is 10.7 Å². The van der Waals surface area contributed by atoms with Gasteiger partial charge in [-0.25, -0.2) is 4.68 Å². The van der Waals surface area contributed by atoms with Gasteiger partial charge in [0.1, 0.15) is 5.69 Å². The quantitative estimate of drug-likeness (QED) is 0.387. The van der Waals surface area contributed by atoms with Crippen LogP contribution in [0.4, 0.5) is 0 Å². The monoisotopic (exact) mass is 372 g/mol. The first-order valence-corrected chi connectivity index (χ1v) is 9.40. The number of benzene rings is 3. The van der Waals surface area contributed by atoms with Gasteiger partial charge in [-0.2, -0.15) is 5.10 Å². The van der Waals surface area contributed by atoms with E-state index in [9.17, 15) is 0 Å². The van der Waals surface area contributed by atoms with Gasteiger partial charge in [0.15, 0.2) is 0 Å². The molecule has 4 aromatic rings.